The number of benzene rings is 2. The maximum absolute atomic E-state index is 13.3. The second-order valence-electron chi connectivity index (χ2n) is 9.06. The number of carbonyl (C=O) groups excluding carboxylic acids is 2. The fourth-order valence-electron chi connectivity index (χ4n) is 4.69. The smallest absolute Gasteiger partial charge is 0.254 e. The van der Waals surface area contributed by atoms with Gasteiger partial charge in [0.15, 0.2) is 0 Å². The number of carbonyl (C=O) groups is 2. The summed E-state index contributed by atoms with van der Waals surface area (Å²) in [4.78, 5) is 30.2. The highest BCUT2D eigenvalue weighted by molar-refractivity contribution is 5.95. The van der Waals surface area contributed by atoms with E-state index >= 15 is 0 Å². The van der Waals surface area contributed by atoms with E-state index in [2.05, 4.69) is 0 Å². The number of ether oxygens (including phenoxy) is 2. The number of hydrogen-bond acceptors (Lipinski definition) is 4. The van der Waals surface area contributed by atoms with E-state index in [0.29, 0.717) is 57.1 Å². The van der Waals surface area contributed by atoms with Crippen molar-refractivity contribution >= 4 is 11.8 Å². The molecule has 1 unspecified atom stereocenters. The van der Waals surface area contributed by atoms with Crippen molar-refractivity contribution in [1.82, 2.24) is 9.80 Å². The minimum absolute atomic E-state index is 0.0159. The number of rotatable bonds is 6. The van der Waals surface area contributed by atoms with Crippen LogP contribution >= 0.6 is 0 Å². The highest BCUT2D eigenvalue weighted by atomic mass is 19.1. The van der Waals surface area contributed by atoms with E-state index in [1.54, 1.807) is 12.1 Å². The SMILES string of the molecule is Cc1ccccc1C(=O)N1CCCC(COc2ccc(F)cc2)(CC(=O)N2CCOCC2)C1. The molecule has 2 saturated heterocycles. The summed E-state index contributed by atoms with van der Waals surface area (Å²) < 4.78 is 24.7. The van der Waals surface area contributed by atoms with Gasteiger partial charge in [0.25, 0.3) is 5.91 Å². The number of likely N-dealkylation sites (tertiary alicyclic amines) is 1. The molecule has 0 radical (unpaired) electrons. The third-order valence-corrected chi connectivity index (χ3v) is 6.57. The molecule has 2 aromatic rings. The molecule has 0 saturated carbocycles. The molecule has 2 fully saturated rings. The van der Waals surface area contributed by atoms with Gasteiger partial charge in [0.05, 0.1) is 19.8 Å². The van der Waals surface area contributed by atoms with E-state index in [1.807, 2.05) is 41.0 Å². The zero-order valence-electron chi connectivity index (χ0n) is 19.1. The molecule has 0 bridgehead atoms. The van der Waals surface area contributed by atoms with Crippen LogP contribution in [-0.4, -0.2) is 67.6 Å². The second-order valence-corrected chi connectivity index (χ2v) is 9.06. The number of halogens is 1. The third kappa shape index (κ3) is 5.71. The summed E-state index contributed by atoms with van der Waals surface area (Å²) in [6.07, 6.45) is 1.87. The Morgan fingerprint density at radius 1 is 1.03 bits per heavy atom. The maximum Gasteiger partial charge on any atom is 0.254 e. The minimum atomic E-state index is -0.514. The van der Waals surface area contributed by atoms with Gasteiger partial charge in [0.1, 0.15) is 11.6 Å². The molecule has 0 aliphatic carbocycles. The summed E-state index contributed by atoms with van der Waals surface area (Å²) in [6.45, 7) is 5.57. The average Bonchev–Trinajstić information content (AvgIpc) is 2.84. The molecule has 0 spiro atoms. The van der Waals surface area contributed by atoms with Crippen LogP contribution in [0.25, 0.3) is 0 Å². The van der Waals surface area contributed by atoms with Gasteiger partial charge in [-0.25, -0.2) is 4.39 Å². The topological polar surface area (TPSA) is 59.1 Å². The van der Waals surface area contributed by atoms with E-state index in [0.717, 1.165) is 18.4 Å². The highest BCUT2D eigenvalue weighted by Gasteiger charge is 2.41. The lowest BCUT2D eigenvalue weighted by molar-refractivity contribution is -0.139. The standard InChI is InChI=1S/C26H31FN2O4/c1-20-5-2-3-6-23(20)25(31)29-12-4-11-26(18-29,17-24(30)28-13-15-32-16-14-28)19-33-22-9-7-21(27)8-10-22/h2-3,5-10H,4,11-19H2,1H3. The lowest BCUT2D eigenvalue weighted by Crippen LogP contribution is -2.52. The van der Waals surface area contributed by atoms with Crippen molar-refractivity contribution in [2.45, 2.75) is 26.2 Å². The van der Waals surface area contributed by atoms with Crippen LogP contribution in [-0.2, 0) is 9.53 Å². The molecule has 2 heterocycles. The molecule has 1 atom stereocenters. The van der Waals surface area contributed by atoms with Crippen LogP contribution < -0.4 is 4.74 Å². The van der Waals surface area contributed by atoms with Gasteiger partial charge in [0.2, 0.25) is 5.91 Å². The van der Waals surface area contributed by atoms with Crippen LogP contribution in [0.2, 0.25) is 0 Å². The Kier molecular flexibility index (Phi) is 7.28. The molecule has 0 N–H and O–H groups in total. The molecule has 7 heteroatoms. The van der Waals surface area contributed by atoms with Crippen LogP contribution in [0.5, 0.6) is 5.75 Å². The van der Waals surface area contributed by atoms with E-state index < -0.39 is 5.41 Å². The molecule has 0 aromatic heterocycles. The average molecular weight is 455 g/mol. The summed E-state index contributed by atoms with van der Waals surface area (Å²) in [5, 5.41) is 0. The normalized spacial score (nSPS) is 21.0. The maximum atomic E-state index is 13.3. The third-order valence-electron chi connectivity index (χ3n) is 6.57. The summed E-state index contributed by atoms with van der Waals surface area (Å²) in [5.74, 6) is 0.271. The molecule has 4 rings (SSSR count). The molecule has 176 valence electrons. The predicted octanol–water partition coefficient (Wildman–Crippen LogP) is 3.68. The van der Waals surface area contributed by atoms with Gasteiger partial charge in [-0.1, -0.05) is 18.2 Å². The number of amides is 2. The fraction of sp³-hybridized carbons (Fsp3) is 0.462. The van der Waals surface area contributed by atoms with Crippen molar-refractivity contribution in [1.29, 1.82) is 0 Å². The molecular formula is C26H31FN2O4. The Morgan fingerprint density at radius 3 is 2.48 bits per heavy atom. The fourth-order valence-corrected chi connectivity index (χ4v) is 4.69. The van der Waals surface area contributed by atoms with Crippen molar-refractivity contribution in [3.63, 3.8) is 0 Å². The van der Waals surface area contributed by atoms with Gasteiger partial charge in [-0.2, -0.15) is 0 Å². The minimum Gasteiger partial charge on any atom is -0.493 e. The van der Waals surface area contributed by atoms with Crippen molar-refractivity contribution in [3.8, 4) is 5.75 Å². The van der Waals surface area contributed by atoms with Gasteiger partial charge >= 0.3 is 0 Å². The van der Waals surface area contributed by atoms with E-state index in [1.165, 1.54) is 12.1 Å². The van der Waals surface area contributed by atoms with Crippen LogP contribution in [0.3, 0.4) is 0 Å². The van der Waals surface area contributed by atoms with Crippen LogP contribution in [0, 0.1) is 18.2 Å². The number of nitrogens with zero attached hydrogens (tertiary/aromatic N) is 2. The largest absolute Gasteiger partial charge is 0.493 e. The first-order chi connectivity index (χ1) is 16.0. The van der Waals surface area contributed by atoms with Gasteiger partial charge < -0.3 is 19.3 Å². The molecule has 2 amide bonds. The lowest BCUT2D eigenvalue weighted by Gasteiger charge is -2.43. The molecule has 6 nitrogen and oxygen atoms in total. The Hall–Kier alpha value is -2.93. The number of piperidine rings is 1. The van der Waals surface area contributed by atoms with Gasteiger partial charge in [-0.05, 0) is 55.7 Å². The van der Waals surface area contributed by atoms with Gasteiger partial charge in [-0.15, -0.1) is 0 Å². The monoisotopic (exact) mass is 454 g/mol. The van der Waals surface area contributed by atoms with Crippen LogP contribution in [0.15, 0.2) is 48.5 Å². The van der Waals surface area contributed by atoms with E-state index in [9.17, 15) is 14.0 Å². The molecule has 2 aliphatic heterocycles. The molecule has 2 aromatic carbocycles. The Bertz CT molecular complexity index is 975. The molecule has 33 heavy (non-hydrogen) atoms. The van der Waals surface area contributed by atoms with Crippen molar-refractivity contribution in [2.75, 3.05) is 46.0 Å². The number of hydrogen-bond donors (Lipinski definition) is 0. The van der Waals surface area contributed by atoms with Gasteiger partial charge in [0, 0.05) is 43.6 Å². The zero-order chi connectivity index (χ0) is 23.3. The Labute approximate surface area is 194 Å². The van der Waals surface area contributed by atoms with E-state index in [4.69, 9.17) is 9.47 Å². The predicted molar refractivity (Wildman–Crippen MR) is 123 cm³/mol. The zero-order valence-corrected chi connectivity index (χ0v) is 19.1. The van der Waals surface area contributed by atoms with Crippen molar-refractivity contribution < 1.29 is 23.5 Å². The lowest BCUT2D eigenvalue weighted by atomic mass is 9.77. The first-order valence-electron chi connectivity index (χ1n) is 11.5. The van der Waals surface area contributed by atoms with Crippen LogP contribution in [0.4, 0.5) is 4.39 Å². The first kappa shape index (κ1) is 23.2. The second kappa shape index (κ2) is 10.3. The quantitative estimate of drug-likeness (QED) is 0.668. The summed E-state index contributed by atoms with van der Waals surface area (Å²) in [7, 11) is 0. The van der Waals surface area contributed by atoms with Gasteiger partial charge in [-0.3, -0.25) is 9.59 Å². The highest BCUT2D eigenvalue weighted by Crippen LogP contribution is 2.36. The molecular weight excluding hydrogens is 423 g/mol. The first-order valence-corrected chi connectivity index (χ1v) is 11.5. The van der Waals surface area contributed by atoms with Crippen LogP contribution in [0.1, 0.15) is 35.2 Å². The summed E-state index contributed by atoms with van der Waals surface area (Å²) in [5.41, 5.74) is 1.11. The summed E-state index contributed by atoms with van der Waals surface area (Å²) >= 11 is 0. The van der Waals surface area contributed by atoms with Crippen molar-refractivity contribution in [3.05, 3.63) is 65.5 Å². The van der Waals surface area contributed by atoms with Crippen molar-refractivity contribution in [2.24, 2.45) is 5.41 Å². The summed E-state index contributed by atoms with van der Waals surface area (Å²) in [6, 6.07) is 13.5. The Morgan fingerprint density at radius 2 is 1.76 bits per heavy atom. The number of morpholine rings is 1. The van der Waals surface area contributed by atoms with E-state index in [-0.39, 0.29) is 24.2 Å². The Balaban J connectivity index is 1.54. The molecule has 2 aliphatic rings. The number of aryl methyl sites for hydroxylation is 1.